The number of aromatic nitrogens is 6. The van der Waals surface area contributed by atoms with Crippen LogP contribution >= 0.6 is 0 Å². The number of ether oxygens (including phenoxy) is 1. The fraction of sp³-hybridized carbons (Fsp3) is 0.526. The Balaban J connectivity index is 1.36. The van der Waals surface area contributed by atoms with E-state index >= 15 is 0 Å². The quantitative estimate of drug-likeness (QED) is 0.639. The van der Waals surface area contributed by atoms with Crippen molar-refractivity contribution in [1.29, 1.82) is 0 Å². The van der Waals surface area contributed by atoms with Crippen molar-refractivity contribution >= 4 is 17.4 Å². The van der Waals surface area contributed by atoms with Gasteiger partial charge in [0.25, 0.3) is 5.78 Å². The SMILES string of the molecule is COCc1cc(N2CCC(N(c3ccncn3)C3CC3)CC2)n2ncnc2n1. The van der Waals surface area contributed by atoms with Gasteiger partial charge in [-0.25, -0.2) is 15.0 Å². The maximum absolute atomic E-state index is 5.27. The second-order valence-corrected chi connectivity index (χ2v) is 7.43. The monoisotopic (exact) mass is 380 g/mol. The Morgan fingerprint density at radius 1 is 1.11 bits per heavy atom. The van der Waals surface area contributed by atoms with Crippen molar-refractivity contribution in [3.63, 3.8) is 0 Å². The van der Waals surface area contributed by atoms with Crippen LogP contribution in [0.4, 0.5) is 11.6 Å². The molecule has 0 amide bonds. The van der Waals surface area contributed by atoms with Gasteiger partial charge in [0.1, 0.15) is 24.3 Å². The third kappa shape index (κ3) is 3.26. The van der Waals surface area contributed by atoms with Gasteiger partial charge >= 0.3 is 0 Å². The minimum absolute atomic E-state index is 0.468. The fourth-order valence-electron chi connectivity index (χ4n) is 4.13. The maximum atomic E-state index is 5.27. The molecule has 5 rings (SSSR count). The standard InChI is InChI=1S/C19H24N8O/c1-28-11-14-10-18(27-19(24-14)22-13-23-27)25-8-5-16(6-9-25)26(15-2-3-15)17-4-7-20-12-21-17/h4,7,10,12-13,15-16H,2-3,5-6,8-9,11H2,1H3. The van der Waals surface area contributed by atoms with Crippen LogP contribution in [0.2, 0.25) is 0 Å². The van der Waals surface area contributed by atoms with Crippen LogP contribution in [0.25, 0.3) is 5.78 Å². The summed E-state index contributed by atoms with van der Waals surface area (Å²) in [6.45, 7) is 2.39. The van der Waals surface area contributed by atoms with E-state index in [-0.39, 0.29) is 0 Å². The van der Waals surface area contributed by atoms with E-state index < -0.39 is 0 Å². The minimum atomic E-state index is 0.468. The van der Waals surface area contributed by atoms with Gasteiger partial charge < -0.3 is 14.5 Å². The third-order valence-corrected chi connectivity index (χ3v) is 5.53. The summed E-state index contributed by atoms with van der Waals surface area (Å²) < 4.78 is 7.09. The highest BCUT2D eigenvalue weighted by Crippen LogP contribution is 2.35. The van der Waals surface area contributed by atoms with E-state index in [9.17, 15) is 0 Å². The van der Waals surface area contributed by atoms with Crippen molar-refractivity contribution in [2.24, 2.45) is 0 Å². The molecule has 28 heavy (non-hydrogen) atoms. The maximum Gasteiger partial charge on any atom is 0.254 e. The molecular weight excluding hydrogens is 356 g/mol. The molecule has 3 aromatic heterocycles. The summed E-state index contributed by atoms with van der Waals surface area (Å²) in [7, 11) is 1.68. The molecule has 3 aromatic rings. The molecule has 0 N–H and O–H groups in total. The molecule has 0 atom stereocenters. The first-order valence-corrected chi connectivity index (χ1v) is 9.81. The Bertz CT molecular complexity index is 934. The van der Waals surface area contributed by atoms with E-state index in [2.05, 4.69) is 40.9 Å². The highest BCUT2D eigenvalue weighted by Gasteiger charge is 2.36. The number of methoxy groups -OCH3 is 1. The van der Waals surface area contributed by atoms with Gasteiger partial charge in [-0.1, -0.05) is 0 Å². The van der Waals surface area contributed by atoms with E-state index in [4.69, 9.17) is 4.74 Å². The van der Waals surface area contributed by atoms with Crippen LogP contribution in [0.1, 0.15) is 31.4 Å². The number of piperidine rings is 1. The van der Waals surface area contributed by atoms with Crippen LogP contribution < -0.4 is 9.80 Å². The fourth-order valence-corrected chi connectivity index (χ4v) is 4.13. The summed E-state index contributed by atoms with van der Waals surface area (Å²) in [4.78, 5) is 22.3. The lowest BCUT2D eigenvalue weighted by Gasteiger charge is -2.40. The van der Waals surface area contributed by atoms with E-state index in [0.29, 0.717) is 24.5 Å². The van der Waals surface area contributed by atoms with Gasteiger partial charge in [-0.05, 0) is 31.7 Å². The van der Waals surface area contributed by atoms with Crippen molar-refractivity contribution in [3.8, 4) is 0 Å². The summed E-state index contributed by atoms with van der Waals surface area (Å²) in [6, 6.07) is 5.23. The summed E-state index contributed by atoms with van der Waals surface area (Å²) >= 11 is 0. The van der Waals surface area contributed by atoms with Crippen molar-refractivity contribution in [2.45, 2.75) is 44.4 Å². The first-order chi connectivity index (χ1) is 13.8. The van der Waals surface area contributed by atoms with Crippen LogP contribution in [-0.2, 0) is 11.3 Å². The van der Waals surface area contributed by atoms with Gasteiger partial charge in [0.15, 0.2) is 0 Å². The molecule has 1 saturated carbocycles. The van der Waals surface area contributed by atoms with Crippen LogP contribution in [0.15, 0.2) is 31.0 Å². The molecule has 0 radical (unpaired) electrons. The molecular formula is C19H24N8O. The van der Waals surface area contributed by atoms with E-state index in [1.807, 2.05) is 16.8 Å². The predicted octanol–water partition coefficient (Wildman–Crippen LogP) is 1.70. The molecule has 9 nitrogen and oxygen atoms in total. The molecule has 1 aliphatic carbocycles. The Morgan fingerprint density at radius 3 is 2.64 bits per heavy atom. The van der Waals surface area contributed by atoms with E-state index in [1.54, 1.807) is 19.8 Å². The average molecular weight is 380 g/mol. The molecule has 0 unspecified atom stereocenters. The molecule has 1 saturated heterocycles. The molecule has 0 spiro atoms. The zero-order valence-corrected chi connectivity index (χ0v) is 16.0. The molecule has 0 aromatic carbocycles. The Kier molecular flexibility index (Phi) is 4.52. The average Bonchev–Trinajstić information content (AvgIpc) is 3.45. The number of rotatable bonds is 6. The number of nitrogens with zero attached hydrogens (tertiary/aromatic N) is 8. The molecule has 9 heteroatoms. The van der Waals surface area contributed by atoms with Gasteiger partial charge in [0, 0.05) is 44.5 Å². The summed E-state index contributed by atoms with van der Waals surface area (Å²) in [5, 5.41) is 4.37. The molecule has 4 heterocycles. The topological polar surface area (TPSA) is 84.6 Å². The molecule has 1 aliphatic heterocycles. The van der Waals surface area contributed by atoms with E-state index in [1.165, 1.54) is 12.8 Å². The second-order valence-electron chi connectivity index (χ2n) is 7.43. The zero-order chi connectivity index (χ0) is 18.9. The molecule has 146 valence electrons. The Labute approximate surface area is 163 Å². The van der Waals surface area contributed by atoms with Crippen molar-refractivity contribution in [2.75, 3.05) is 30.0 Å². The van der Waals surface area contributed by atoms with Gasteiger partial charge in [-0.15, -0.1) is 0 Å². The Hall–Kier alpha value is -2.81. The van der Waals surface area contributed by atoms with Gasteiger partial charge in [-0.3, -0.25) is 0 Å². The highest BCUT2D eigenvalue weighted by molar-refractivity contribution is 5.48. The Morgan fingerprint density at radius 2 is 1.93 bits per heavy atom. The molecule has 2 aliphatic rings. The lowest BCUT2D eigenvalue weighted by molar-refractivity contribution is 0.181. The number of hydrogen-bond donors (Lipinski definition) is 0. The molecule has 0 bridgehead atoms. The third-order valence-electron chi connectivity index (χ3n) is 5.53. The van der Waals surface area contributed by atoms with Gasteiger partial charge in [-0.2, -0.15) is 14.6 Å². The van der Waals surface area contributed by atoms with Crippen LogP contribution in [-0.4, -0.2) is 61.8 Å². The van der Waals surface area contributed by atoms with E-state index in [0.717, 1.165) is 43.3 Å². The smallest absolute Gasteiger partial charge is 0.254 e. The minimum Gasteiger partial charge on any atom is -0.378 e. The van der Waals surface area contributed by atoms with Crippen LogP contribution in [0.3, 0.4) is 0 Å². The van der Waals surface area contributed by atoms with Crippen LogP contribution in [0.5, 0.6) is 0 Å². The predicted molar refractivity (Wildman–Crippen MR) is 104 cm³/mol. The first kappa shape index (κ1) is 17.3. The highest BCUT2D eigenvalue weighted by atomic mass is 16.5. The van der Waals surface area contributed by atoms with Crippen molar-refractivity contribution < 1.29 is 4.74 Å². The first-order valence-electron chi connectivity index (χ1n) is 9.81. The van der Waals surface area contributed by atoms with Gasteiger partial charge in [0.2, 0.25) is 0 Å². The normalized spacial score (nSPS) is 18.0. The number of hydrogen-bond acceptors (Lipinski definition) is 8. The zero-order valence-electron chi connectivity index (χ0n) is 16.0. The summed E-state index contributed by atoms with van der Waals surface area (Å²) in [5.41, 5.74) is 0.876. The summed E-state index contributed by atoms with van der Waals surface area (Å²) in [5.74, 6) is 2.71. The molecule has 2 fully saturated rings. The van der Waals surface area contributed by atoms with Gasteiger partial charge in [0.05, 0.1) is 12.3 Å². The van der Waals surface area contributed by atoms with Crippen LogP contribution in [0, 0.1) is 0 Å². The summed E-state index contributed by atoms with van der Waals surface area (Å²) in [6.07, 6.45) is 9.72. The lowest BCUT2D eigenvalue weighted by Crippen LogP contribution is -2.47. The lowest BCUT2D eigenvalue weighted by atomic mass is 10.0. The second kappa shape index (κ2) is 7.31. The van der Waals surface area contributed by atoms with Crippen molar-refractivity contribution in [1.82, 2.24) is 29.5 Å². The largest absolute Gasteiger partial charge is 0.378 e. The number of anilines is 2. The number of fused-ring (bicyclic) bond motifs is 1. The van der Waals surface area contributed by atoms with Crippen molar-refractivity contribution in [3.05, 3.63) is 36.7 Å².